The van der Waals surface area contributed by atoms with E-state index in [4.69, 9.17) is 5.73 Å². The normalized spacial score (nSPS) is 15.9. The monoisotopic (exact) mass is 111 g/mol. The molecule has 0 radical (unpaired) electrons. The van der Waals surface area contributed by atoms with Gasteiger partial charge in [-0.2, -0.15) is 0 Å². The van der Waals surface area contributed by atoms with E-state index < -0.39 is 0 Å². The van der Waals surface area contributed by atoms with Crippen LogP contribution >= 0.6 is 0 Å². The number of hydrogen-bond donors (Lipinski definition) is 1. The van der Waals surface area contributed by atoms with Crippen LogP contribution in [0.25, 0.3) is 0 Å². The lowest BCUT2D eigenvalue weighted by atomic mass is 10.3. The molecule has 0 bridgehead atoms. The van der Waals surface area contributed by atoms with E-state index in [1.165, 1.54) is 0 Å². The Kier molecular flexibility index (Phi) is 4.27. The van der Waals surface area contributed by atoms with Crippen molar-refractivity contribution in [2.75, 3.05) is 0 Å². The van der Waals surface area contributed by atoms with Crippen molar-refractivity contribution in [2.24, 2.45) is 5.73 Å². The topological polar surface area (TPSA) is 26.0 Å². The Balaban J connectivity index is 3.34. The Labute approximate surface area is 50.9 Å². The Morgan fingerprint density at radius 3 is 2.38 bits per heavy atom. The van der Waals surface area contributed by atoms with Crippen molar-refractivity contribution < 1.29 is 0 Å². The molecule has 0 aliphatic rings. The van der Waals surface area contributed by atoms with E-state index in [1.54, 1.807) is 0 Å². The Hall–Kier alpha value is -0.560. The van der Waals surface area contributed by atoms with Crippen LogP contribution in [0.15, 0.2) is 24.3 Å². The second-order valence-electron chi connectivity index (χ2n) is 1.77. The molecule has 0 spiro atoms. The van der Waals surface area contributed by atoms with Crippen LogP contribution in [0.2, 0.25) is 0 Å². The minimum Gasteiger partial charge on any atom is -0.325 e. The van der Waals surface area contributed by atoms with E-state index in [1.807, 2.05) is 38.2 Å². The van der Waals surface area contributed by atoms with Gasteiger partial charge in [-0.3, -0.25) is 0 Å². The minimum absolute atomic E-state index is 0.172. The molecule has 0 amide bonds. The SMILES string of the molecule is C/C=C/C=C/C(C)N. The lowest BCUT2D eigenvalue weighted by Crippen LogP contribution is -2.09. The van der Waals surface area contributed by atoms with Gasteiger partial charge in [0.25, 0.3) is 0 Å². The molecular weight excluding hydrogens is 98.1 g/mol. The van der Waals surface area contributed by atoms with Gasteiger partial charge in [-0.25, -0.2) is 0 Å². The summed E-state index contributed by atoms with van der Waals surface area (Å²) >= 11 is 0. The summed E-state index contributed by atoms with van der Waals surface area (Å²) in [5.41, 5.74) is 5.41. The summed E-state index contributed by atoms with van der Waals surface area (Å²) in [7, 11) is 0. The van der Waals surface area contributed by atoms with Gasteiger partial charge >= 0.3 is 0 Å². The molecule has 0 aromatic carbocycles. The Morgan fingerprint density at radius 2 is 2.00 bits per heavy atom. The molecule has 0 aromatic heterocycles. The van der Waals surface area contributed by atoms with Crippen LogP contribution in [0.1, 0.15) is 13.8 Å². The van der Waals surface area contributed by atoms with Crippen LogP contribution in [-0.2, 0) is 0 Å². The standard InChI is InChI=1S/C7H13N/c1-3-4-5-6-7(2)8/h3-7H,8H2,1-2H3/b4-3+,6-5+. The van der Waals surface area contributed by atoms with Crippen molar-refractivity contribution in [3.63, 3.8) is 0 Å². The van der Waals surface area contributed by atoms with Crippen molar-refractivity contribution in [1.82, 2.24) is 0 Å². The highest BCUT2D eigenvalue weighted by Gasteiger charge is 1.77. The van der Waals surface area contributed by atoms with Crippen LogP contribution < -0.4 is 5.73 Å². The Morgan fingerprint density at radius 1 is 1.38 bits per heavy atom. The third-order valence-corrected chi connectivity index (χ3v) is 0.718. The van der Waals surface area contributed by atoms with E-state index >= 15 is 0 Å². The quantitative estimate of drug-likeness (QED) is 0.536. The summed E-state index contributed by atoms with van der Waals surface area (Å²) in [6.07, 6.45) is 7.83. The lowest BCUT2D eigenvalue weighted by Gasteiger charge is -1.89. The van der Waals surface area contributed by atoms with Crippen LogP contribution in [0, 0.1) is 0 Å². The molecule has 1 unspecified atom stereocenters. The maximum Gasteiger partial charge on any atom is 0.0197 e. The molecule has 0 aliphatic carbocycles. The number of hydrogen-bond acceptors (Lipinski definition) is 1. The van der Waals surface area contributed by atoms with Crippen molar-refractivity contribution in [3.05, 3.63) is 24.3 Å². The molecule has 0 saturated heterocycles. The van der Waals surface area contributed by atoms with Gasteiger partial charge in [-0.1, -0.05) is 24.3 Å². The van der Waals surface area contributed by atoms with E-state index in [9.17, 15) is 0 Å². The molecular formula is C7H13N. The lowest BCUT2D eigenvalue weighted by molar-refractivity contribution is 0.926. The smallest absolute Gasteiger partial charge is 0.0197 e. The van der Waals surface area contributed by atoms with Crippen molar-refractivity contribution in [1.29, 1.82) is 0 Å². The first-order valence-corrected chi connectivity index (χ1v) is 2.82. The summed E-state index contributed by atoms with van der Waals surface area (Å²) in [4.78, 5) is 0. The molecule has 2 N–H and O–H groups in total. The summed E-state index contributed by atoms with van der Waals surface area (Å²) in [6, 6.07) is 0.172. The fourth-order valence-electron chi connectivity index (χ4n) is 0.351. The maximum atomic E-state index is 5.41. The highest BCUT2D eigenvalue weighted by Crippen LogP contribution is 1.79. The zero-order valence-corrected chi connectivity index (χ0v) is 5.46. The van der Waals surface area contributed by atoms with Gasteiger partial charge in [0.15, 0.2) is 0 Å². The van der Waals surface area contributed by atoms with Crippen LogP contribution in [0.5, 0.6) is 0 Å². The van der Waals surface area contributed by atoms with E-state index in [-0.39, 0.29) is 6.04 Å². The molecule has 46 valence electrons. The fourth-order valence-corrected chi connectivity index (χ4v) is 0.351. The highest BCUT2D eigenvalue weighted by atomic mass is 14.6. The summed E-state index contributed by atoms with van der Waals surface area (Å²) in [5.74, 6) is 0. The van der Waals surface area contributed by atoms with Crippen LogP contribution in [-0.4, -0.2) is 6.04 Å². The molecule has 1 nitrogen and oxygen atoms in total. The predicted octanol–water partition coefficient (Wildman–Crippen LogP) is 1.47. The zero-order chi connectivity index (χ0) is 6.41. The predicted molar refractivity (Wildman–Crippen MR) is 37.6 cm³/mol. The van der Waals surface area contributed by atoms with E-state index in [0.29, 0.717) is 0 Å². The largest absolute Gasteiger partial charge is 0.325 e. The second kappa shape index (κ2) is 4.60. The maximum absolute atomic E-state index is 5.41. The van der Waals surface area contributed by atoms with Crippen molar-refractivity contribution in [3.8, 4) is 0 Å². The molecule has 0 aliphatic heterocycles. The van der Waals surface area contributed by atoms with Gasteiger partial charge in [0.1, 0.15) is 0 Å². The summed E-state index contributed by atoms with van der Waals surface area (Å²) < 4.78 is 0. The average Bonchev–Trinajstić information content (AvgIpc) is 1.66. The van der Waals surface area contributed by atoms with Gasteiger partial charge in [0.2, 0.25) is 0 Å². The van der Waals surface area contributed by atoms with Crippen LogP contribution in [0.3, 0.4) is 0 Å². The molecule has 0 saturated carbocycles. The van der Waals surface area contributed by atoms with Gasteiger partial charge in [-0.15, -0.1) is 0 Å². The molecule has 0 fully saturated rings. The first-order chi connectivity index (χ1) is 3.77. The Bertz CT molecular complexity index is 90.6. The zero-order valence-electron chi connectivity index (χ0n) is 5.46. The summed E-state index contributed by atoms with van der Waals surface area (Å²) in [5, 5.41) is 0. The fraction of sp³-hybridized carbons (Fsp3) is 0.429. The van der Waals surface area contributed by atoms with E-state index in [0.717, 1.165) is 0 Å². The summed E-state index contributed by atoms with van der Waals surface area (Å²) in [6.45, 7) is 3.92. The number of allylic oxidation sites excluding steroid dienone is 3. The first kappa shape index (κ1) is 7.44. The van der Waals surface area contributed by atoms with Gasteiger partial charge < -0.3 is 5.73 Å². The average molecular weight is 111 g/mol. The third kappa shape index (κ3) is 5.44. The van der Waals surface area contributed by atoms with Crippen molar-refractivity contribution >= 4 is 0 Å². The molecule has 8 heavy (non-hydrogen) atoms. The minimum atomic E-state index is 0.172. The highest BCUT2D eigenvalue weighted by molar-refractivity contribution is 5.03. The first-order valence-electron chi connectivity index (χ1n) is 2.82. The van der Waals surface area contributed by atoms with Crippen molar-refractivity contribution in [2.45, 2.75) is 19.9 Å². The second-order valence-corrected chi connectivity index (χ2v) is 1.77. The molecule has 0 aromatic rings. The van der Waals surface area contributed by atoms with E-state index in [2.05, 4.69) is 0 Å². The number of nitrogens with two attached hydrogens (primary N) is 1. The number of rotatable bonds is 2. The molecule has 0 rings (SSSR count). The van der Waals surface area contributed by atoms with Gasteiger partial charge in [0, 0.05) is 6.04 Å². The van der Waals surface area contributed by atoms with Gasteiger partial charge in [0.05, 0.1) is 0 Å². The molecule has 0 heterocycles. The molecule has 1 heteroatoms. The molecule has 1 atom stereocenters. The van der Waals surface area contributed by atoms with Gasteiger partial charge in [-0.05, 0) is 13.8 Å². The third-order valence-electron chi connectivity index (χ3n) is 0.718. The van der Waals surface area contributed by atoms with Crippen LogP contribution in [0.4, 0.5) is 0 Å².